The Morgan fingerprint density at radius 2 is 1.60 bits per heavy atom. The van der Waals surface area contributed by atoms with Crippen LogP contribution in [0.1, 0.15) is 10.4 Å². The first-order valence-corrected chi connectivity index (χ1v) is 5.89. The van der Waals surface area contributed by atoms with Crippen molar-refractivity contribution in [2.24, 2.45) is 0 Å². The number of carbonyl (C=O) groups excluding carboxylic acids is 1. The van der Waals surface area contributed by atoms with Gasteiger partial charge in [0, 0.05) is 5.56 Å². The van der Waals surface area contributed by atoms with Crippen LogP contribution in [0.4, 0.5) is 13.2 Å². The third-order valence-corrected chi connectivity index (χ3v) is 2.74. The van der Waals surface area contributed by atoms with E-state index in [1.54, 1.807) is 24.3 Å². The van der Waals surface area contributed by atoms with Crippen molar-refractivity contribution in [1.29, 1.82) is 0 Å². The van der Waals surface area contributed by atoms with E-state index in [-0.39, 0.29) is 5.75 Å². The van der Waals surface area contributed by atoms with Gasteiger partial charge in [-0.1, -0.05) is 30.3 Å². The summed E-state index contributed by atoms with van der Waals surface area (Å²) in [6, 6.07) is 11.8. The van der Waals surface area contributed by atoms with E-state index in [0.717, 1.165) is 0 Å². The number of benzene rings is 2. The van der Waals surface area contributed by atoms with Crippen LogP contribution in [0.15, 0.2) is 48.5 Å². The first kappa shape index (κ1) is 14.4. The number of alkyl halides is 3. The minimum Gasteiger partial charge on any atom is -0.406 e. The van der Waals surface area contributed by atoms with Crippen LogP contribution in [0.25, 0.3) is 11.1 Å². The molecule has 0 atom stereocenters. The zero-order valence-electron chi connectivity index (χ0n) is 9.95. The molecule has 104 valence electrons. The zero-order valence-corrected chi connectivity index (χ0v) is 10.7. The minimum atomic E-state index is -4.73. The lowest BCUT2D eigenvalue weighted by atomic mass is 10.0. The first-order chi connectivity index (χ1) is 9.37. The Morgan fingerprint density at radius 1 is 1.00 bits per heavy atom. The minimum absolute atomic E-state index is 0.290. The highest BCUT2D eigenvalue weighted by Gasteiger charge is 2.30. The predicted octanol–water partition coefficient (Wildman–Crippen LogP) is 4.63. The van der Waals surface area contributed by atoms with Gasteiger partial charge < -0.3 is 4.74 Å². The fourth-order valence-electron chi connectivity index (χ4n) is 1.74. The molecule has 6 heteroatoms. The highest BCUT2D eigenvalue weighted by atomic mass is 35.5. The lowest BCUT2D eigenvalue weighted by Crippen LogP contribution is -2.16. The molecule has 2 nitrogen and oxygen atoms in total. The van der Waals surface area contributed by atoms with Crippen LogP contribution in [0.2, 0.25) is 0 Å². The third-order valence-electron chi connectivity index (χ3n) is 2.54. The average Bonchev–Trinajstić information content (AvgIpc) is 2.38. The summed E-state index contributed by atoms with van der Waals surface area (Å²) in [5.41, 5.74) is 1.41. The summed E-state index contributed by atoms with van der Waals surface area (Å²) in [4.78, 5) is 11.3. The Labute approximate surface area is 117 Å². The second-order valence-electron chi connectivity index (χ2n) is 3.89. The quantitative estimate of drug-likeness (QED) is 0.772. The Kier molecular flexibility index (Phi) is 3.99. The van der Waals surface area contributed by atoms with Crippen LogP contribution in [0.5, 0.6) is 5.75 Å². The molecule has 0 heterocycles. The second-order valence-corrected chi connectivity index (χ2v) is 4.23. The van der Waals surface area contributed by atoms with Gasteiger partial charge in [0.15, 0.2) is 0 Å². The molecular weight excluding hydrogens is 293 g/mol. The van der Waals surface area contributed by atoms with E-state index in [2.05, 4.69) is 4.74 Å². The molecule has 0 spiro atoms. The van der Waals surface area contributed by atoms with Crippen molar-refractivity contribution < 1.29 is 22.7 Å². The highest BCUT2D eigenvalue weighted by molar-refractivity contribution is 6.68. The molecule has 0 bridgehead atoms. The number of hydrogen-bond acceptors (Lipinski definition) is 2. The maximum absolute atomic E-state index is 12.1. The van der Waals surface area contributed by atoms with Gasteiger partial charge in [-0.05, 0) is 40.9 Å². The molecule has 0 saturated carbocycles. The lowest BCUT2D eigenvalue weighted by molar-refractivity contribution is -0.274. The van der Waals surface area contributed by atoms with Crippen molar-refractivity contribution in [2.75, 3.05) is 0 Å². The first-order valence-electron chi connectivity index (χ1n) is 5.52. The molecule has 0 fully saturated rings. The second kappa shape index (κ2) is 5.54. The molecule has 0 aromatic heterocycles. The molecule has 2 rings (SSSR count). The third kappa shape index (κ3) is 3.51. The van der Waals surface area contributed by atoms with Crippen molar-refractivity contribution in [3.05, 3.63) is 54.1 Å². The van der Waals surface area contributed by atoms with Crippen LogP contribution in [-0.4, -0.2) is 11.6 Å². The van der Waals surface area contributed by atoms with Crippen molar-refractivity contribution >= 4 is 16.8 Å². The SMILES string of the molecule is O=C(Cl)c1ccccc1-c1ccc(OC(F)(F)F)cc1. The largest absolute Gasteiger partial charge is 0.573 e. The van der Waals surface area contributed by atoms with Crippen LogP contribution < -0.4 is 4.74 Å². The Balaban J connectivity index is 2.33. The van der Waals surface area contributed by atoms with Crippen molar-refractivity contribution in [3.63, 3.8) is 0 Å². The summed E-state index contributed by atoms with van der Waals surface area (Å²) < 4.78 is 39.9. The summed E-state index contributed by atoms with van der Waals surface area (Å²) in [6.07, 6.45) is -4.73. The smallest absolute Gasteiger partial charge is 0.406 e. The van der Waals surface area contributed by atoms with Crippen molar-refractivity contribution in [2.45, 2.75) is 6.36 Å². The summed E-state index contributed by atoms with van der Waals surface area (Å²) in [6.45, 7) is 0. The molecule has 0 saturated heterocycles. The molecule has 0 aliphatic carbocycles. The standard InChI is InChI=1S/C14H8ClF3O2/c15-13(19)12-4-2-1-3-11(12)9-5-7-10(8-6-9)20-14(16,17)18/h1-8H. The van der Waals surface area contributed by atoms with Crippen LogP contribution in [0, 0.1) is 0 Å². The molecule has 2 aromatic rings. The molecule has 0 aliphatic heterocycles. The summed E-state index contributed by atoms with van der Waals surface area (Å²) in [5, 5.41) is -0.629. The van der Waals surface area contributed by atoms with Gasteiger partial charge in [0.1, 0.15) is 5.75 Å². The Bertz CT molecular complexity index is 621. The van der Waals surface area contributed by atoms with Gasteiger partial charge in [0.05, 0.1) is 0 Å². The summed E-state index contributed by atoms with van der Waals surface area (Å²) in [5.74, 6) is -0.323. The topological polar surface area (TPSA) is 26.3 Å². The van der Waals surface area contributed by atoms with E-state index in [0.29, 0.717) is 16.7 Å². The van der Waals surface area contributed by atoms with Crippen LogP contribution >= 0.6 is 11.6 Å². The van der Waals surface area contributed by atoms with E-state index in [1.807, 2.05) is 0 Å². The van der Waals surface area contributed by atoms with E-state index < -0.39 is 11.6 Å². The fraction of sp³-hybridized carbons (Fsp3) is 0.0714. The highest BCUT2D eigenvalue weighted by Crippen LogP contribution is 2.28. The molecule has 0 radical (unpaired) electrons. The molecule has 0 N–H and O–H groups in total. The molecule has 20 heavy (non-hydrogen) atoms. The monoisotopic (exact) mass is 300 g/mol. The van der Waals surface area contributed by atoms with E-state index in [9.17, 15) is 18.0 Å². The summed E-state index contributed by atoms with van der Waals surface area (Å²) >= 11 is 5.46. The predicted molar refractivity (Wildman–Crippen MR) is 68.7 cm³/mol. The van der Waals surface area contributed by atoms with E-state index in [4.69, 9.17) is 11.6 Å². The maximum atomic E-state index is 12.1. The van der Waals surface area contributed by atoms with Gasteiger partial charge in [-0.2, -0.15) is 0 Å². The van der Waals surface area contributed by atoms with Gasteiger partial charge >= 0.3 is 6.36 Å². The van der Waals surface area contributed by atoms with Gasteiger partial charge in [-0.25, -0.2) is 0 Å². The number of carbonyl (C=O) groups is 1. The average molecular weight is 301 g/mol. The molecule has 0 aliphatic rings. The van der Waals surface area contributed by atoms with Crippen LogP contribution in [-0.2, 0) is 0 Å². The van der Waals surface area contributed by atoms with Gasteiger partial charge in [0.25, 0.3) is 5.24 Å². The van der Waals surface area contributed by atoms with Crippen molar-refractivity contribution in [1.82, 2.24) is 0 Å². The Morgan fingerprint density at radius 3 is 2.15 bits per heavy atom. The molecule has 2 aromatic carbocycles. The van der Waals surface area contributed by atoms with Crippen molar-refractivity contribution in [3.8, 4) is 16.9 Å². The van der Waals surface area contributed by atoms with Gasteiger partial charge in [0.2, 0.25) is 0 Å². The number of ether oxygens (including phenoxy) is 1. The van der Waals surface area contributed by atoms with Gasteiger partial charge in [-0.15, -0.1) is 13.2 Å². The zero-order chi connectivity index (χ0) is 14.8. The normalized spacial score (nSPS) is 11.2. The Hall–Kier alpha value is -2.01. The number of rotatable bonds is 3. The number of hydrogen-bond donors (Lipinski definition) is 0. The van der Waals surface area contributed by atoms with Crippen LogP contribution in [0.3, 0.4) is 0 Å². The summed E-state index contributed by atoms with van der Waals surface area (Å²) in [7, 11) is 0. The molecular formula is C14H8ClF3O2. The molecule has 0 unspecified atom stereocenters. The van der Waals surface area contributed by atoms with E-state index in [1.165, 1.54) is 24.3 Å². The maximum Gasteiger partial charge on any atom is 0.573 e. The molecule has 0 amide bonds. The van der Waals surface area contributed by atoms with E-state index >= 15 is 0 Å². The fourth-order valence-corrected chi connectivity index (χ4v) is 1.91. The van der Waals surface area contributed by atoms with Gasteiger partial charge in [-0.3, -0.25) is 4.79 Å². The lowest BCUT2D eigenvalue weighted by Gasteiger charge is -2.10. The number of halogens is 4.